The largest absolute Gasteiger partial charge is 0.373 e. The average molecular weight is 360 g/mol. The minimum atomic E-state index is -0.120. The molecule has 1 saturated carbocycles. The second-order valence-electron chi connectivity index (χ2n) is 9.46. The summed E-state index contributed by atoms with van der Waals surface area (Å²) < 4.78 is 0. The van der Waals surface area contributed by atoms with E-state index in [0.717, 1.165) is 39.0 Å². The number of nitrogens with zero attached hydrogens (tertiary/aromatic N) is 4. The molecule has 0 aromatic carbocycles. The lowest BCUT2D eigenvalue weighted by Crippen LogP contribution is -2.50. The van der Waals surface area contributed by atoms with Gasteiger partial charge in [0.2, 0.25) is 0 Å². The van der Waals surface area contributed by atoms with Gasteiger partial charge < -0.3 is 15.5 Å². The summed E-state index contributed by atoms with van der Waals surface area (Å²) in [5.74, 6) is -0.120. The van der Waals surface area contributed by atoms with Crippen LogP contribution in [0.3, 0.4) is 0 Å². The second-order valence-corrected chi connectivity index (χ2v) is 9.46. The van der Waals surface area contributed by atoms with Crippen LogP contribution >= 0.6 is 0 Å². The zero-order chi connectivity index (χ0) is 18.9. The molecule has 144 valence electrons. The number of nitrogens with two attached hydrogens (primary N) is 1. The van der Waals surface area contributed by atoms with Crippen LogP contribution < -0.4 is 5.73 Å². The van der Waals surface area contributed by atoms with Gasteiger partial charge in [0.1, 0.15) is 11.6 Å². The molecule has 6 nitrogen and oxygen atoms in total. The van der Waals surface area contributed by atoms with Crippen molar-refractivity contribution in [2.75, 3.05) is 45.8 Å². The molecule has 2 atom stereocenters. The number of hydrogen-bond donors (Lipinski definition) is 1. The van der Waals surface area contributed by atoms with E-state index < -0.39 is 0 Å². The Bertz CT molecular complexity index is 614. The highest BCUT2D eigenvalue weighted by Crippen LogP contribution is 2.52. The SMILES string of the molecule is CC1(C)CC2CC(C)(CN2/C=C(/C#N)C(=O)N2CCN(CCN)CC2)C1. The zero-order valence-electron chi connectivity index (χ0n) is 16.5. The van der Waals surface area contributed by atoms with Crippen LogP contribution in [-0.4, -0.2) is 72.5 Å². The molecule has 0 aromatic rings. The highest BCUT2D eigenvalue weighted by molar-refractivity contribution is 5.97. The van der Waals surface area contributed by atoms with E-state index in [2.05, 4.69) is 36.6 Å². The van der Waals surface area contributed by atoms with Crippen molar-refractivity contribution in [3.8, 4) is 6.07 Å². The molecule has 0 radical (unpaired) electrons. The van der Waals surface area contributed by atoms with Crippen LogP contribution in [0.15, 0.2) is 11.8 Å². The van der Waals surface area contributed by atoms with Crippen LogP contribution in [0.2, 0.25) is 0 Å². The number of carbonyl (C=O) groups excluding carboxylic acids is 1. The van der Waals surface area contributed by atoms with Gasteiger partial charge in [0.05, 0.1) is 0 Å². The lowest BCUT2D eigenvalue weighted by atomic mass is 9.65. The third-order valence-corrected chi connectivity index (χ3v) is 6.21. The summed E-state index contributed by atoms with van der Waals surface area (Å²) in [6, 6.07) is 2.62. The third-order valence-electron chi connectivity index (χ3n) is 6.21. The van der Waals surface area contributed by atoms with Gasteiger partial charge in [0.25, 0.3) is 5.91 Å². The summed E-state index contributed by atoms with van der Waals surface area (Å²) in [7, 11) is 0. The van der Waals surface area contributed by atoms with Crippen molar-refractivity contribution in [3.63, 3.8) is 0 Å². The number of piperazine rings is 1. The number of likely N-dealkylation sites (tertiary alicyclic amines) is 1. The van der Waals surface area contributed by atoms with E-state index in [-0.39, 0.29) is 11.5 Å². The summed E-state index contributed by atoms with van der Waals surface area (Å²) in [4.78, 5) is 19.2. The summed E-state index contributed by atoms with van der Waals surface area (Å²) in [5, 5.41) is 9.61. The van der Waals surface area contributed by atoms with Gasteiger partial charge in [-0.25, -0.2) is 0 Å². The summed E-state index contributed by atoms with van der Waals surface area (Å²) >= 11 is 0. The van der Waals surface area contributed by atoms with Gasteiger partial charge in [-0.3, -0.25) is 9.69 Å². The molecular formula is C20H33N5O. The Morgan fingerprint density at radius 1 is 1.23 bits per heavy atom. The van der Waals surface area contributed by atoms with Crippen molar-refractivity contribution < 1.29 is 4.79 Å². The fourth-order valence-electron chi connectivity index (χ4n) is 5.48. The van der Waals surface area contributed by atoms with Crippen molar-refractivity contribution in [2.45, 2.75) is 46.1 Å². The minimum absolute atomic E-state index is 0.120. The number of rotatable bonds is 4. The molecular weight excluding hydrogens is 326 g/mol. The normalized spacial score (nSPS) is 31.8. The van der Waals surface area contributed by atoms with Gasteiger partial charge in [-0.1, -0.05) is 20.8 Å². The van der Waals surface area contributed by atoms with Crippen LogP contribution in [0.1, 0.15) is 40.0 Å². The highest BCUT2D eigenvalue weighted by Gasteiger charge is 2.49. The van der Waals surface area contributed by atoms with E-state index in [4.69, 9.17) is 5.73 Å². The van der Waals surface area contributed by atoms with E-state index in [1.165, 1.54) is 6.42 Å². The zero-order valence-corrected chi connectivity index (χ0v) is 16.5. The Balaban J connectivity index is 1.68. The Morgan fingerprint density at radius 2 is 1.92 bits per heavy atom. The van der Waals surface area contributed by atoms with E-state index in [1.807, 2.05) is 11.1 Å². The first-order chi connectivity index (χ1) is 12.3. The second kappa shape index (κ2) is 7.21. The van der Waals surface area contributed by atoms with Gasteiger partial charge in [-0.05, 0) is 30.1 Å². The Morgan fingerprint density at radius 3 is 2.54 bits per heavy atom. The molecule has 3 aliphatic rings. The van der Waals surface area contributed by atoms with Crippen molar-refractivity contribution >= 4 is 5.91 Å². The smallest absolute Gasteiger partial charge is 0.266 e. The topological polar surface area (TPSA) is 76.6 Å². The number of fused-ring (bicyclic) bond motifs is 2. The number of hydrogen-bond acceptors (Lipinski definition) is 5. The standard InChI is InChI=1S/C20H33N5O/c1-19(2)10-17-11-20(3,14-19)15-25(17)13-16(12-22)18(26)24-8-6-23(5-4-21)7-9-24/h13,17H,4-11,14-15,21H2,1-3H3/b16-13-. The van der Waals surface area contributed by atoms with Gasteiger partial charge in [-0.2, -0.15) is 5.26 Å². The van der Waals surface area contributed by atoms with Crippen molar-refractivity contribution in [3.05, 3.63) is 11.8 Å². The van der Waals surface area contributed by atoms with Gasteiger partial charge in [0.15, 0.2) is 0 Å². The molecule has 0 aromatic heterocycles. The van der Waals surface area contributed by atoms with Crippen LogP contribution in [-0.2, 0) is 4.79 Å². The molecule has 2 N–H and O–H groups in total. The first-order valence-electron chi connectivity index (χ1n) is 9.85. The van der Waals surface area contributed by atoms with Crippen molar-refractivity contribution in [2.24, 2.45) is 16.6 Å². The summed E-state index contributed by atoms with van der Waals surface area (Å²) in [6.45, 7) is 12.5. The molecule has 2 heterocycles. The fraction of sp³-hybridized carbons (Fsp3) is 0.800. The molecule has 2 saturated heterocycles. The molecule has 1 amide bonds. The third kappa shape index (κ3) is 4.05. The molecule has 6 heteroatoms. The van der Waals surface area contributed by atoms with E-state index in [1.54, 1.807) is 0 Å². The van der Waals surface area contributed by atoms with E-state index >= 15 is 0 Å². The van der Waals surface area contributed by atoms with E-state index in [9.17, 15) is 10.1 Å². The van der Waals surface area contributed by atoms with Crippen LogP contribution in [0.5, 0.6) is 0 Å². The maximum Gasteiger partial charge on any atom is 0.266 e. The molecule has 2 bridgehead atoms. The molecule has 3 fully saturated rings. The summed E-state index contributed by atoms with van der Waals surface area (Å²) in [5.41, 5.74) is 6.51. The summed E-state index contributed by atoms with van der Waals surface area (Å²) in [6.07, 6.45) is 5.35. The predicted octanol–water partition coefficient (Wildman–Crippen LogP) is 1.40. The monoisotopic (exact) mass is 359 g/mol. The maximum atomic E-state index is 12.8. The van der Waals surface area contributed by atoms with Crippen LogP contribution in [0.4, 0.5) is 0 Å². The molecule has 1 aliphatic carbocycles. The Kier molecular flexibility index (Phi) is 5.32. The van der Waals surface area contributed by atoms with Crippen molar-refractivity contribution in [1.82, 2.24) is 14.7 Å². The average Bonchev–Trinajstić information content (AvgIpc) is 2.81. The van der Waals surface area contributed by atoms with Gasteiger partial charge in [0, 0.05) is 58.1 Å². The number of carbonyl (C=O) groups is 1. The number of amides is 1. The first kappa shape index (κ1) is 19.2. The minimum Gasteiger partial charge on any atom is -0.373 e. The Hall–Kier alpha value is -1.58. The Labute approximate surface area is 157 Å². The fourth-order valence-corrected chi connectivity index (χ4v) is 5.48. The van der Waals surface area contributed by atoms with Crippen LogP contribution in [0.25, 0.3) is 0 Å². The number of nitriles is 1. The first-order valence-corrected chi connectivity index (χ1v) is 9.85. The van der Waals surface area contributed by atoms with Crippen LogP contribution in [0, 0.1) is 22.2 Å². The lowest BCUT2D eigenvalue weighted by Gasteiger charge is -2.39. The molecule has 26 heavy (non-hydrogen) atoms. The molecule has 0 spiro atoms. The van der Waals surface area contributed by atoms with Gasteiger partial charge in [-0.15, -0.1) is 0 Å². The van der Waals surface area contributed by atoms with Crippen molar-refractivity contribution in [1.29, 1.82) is 5.26 Å². The predicted molar refractivity (Wildman–Crippen MR) is 102 cm³/mol. The maximum absolute atomic E-state index is 12.8. The highest BCUT2D eigenvalue weighted by atomic mass is 16.2. The lowest BCUT2D eigenvalue weighted by molar-refractivity contribution is -0.128. The molecule has 2 unspecified atom stereocenters. The molecule has 3 rings (SSSR count). The molecule has 2 aliphatic heterocycles. The van der Waals surface area contributed by atoms with E-state index in [0.29, 0.717) is 36.5 Å². The quantitative estimate of drug-likeness (QED) is 0.606. The van der Waals surface area contributed by atoms with Gasteiger partial charge >= 0.3 is 0 Å².